The van der Waals surface area contributed by atoms with Crippen molar-refractivity contribution in [2.24, 2.45) is 0 Å². The Hall–Kier alpha value is -2.20. The molecule has 1 aromatic heterocycles. The predicted molar refractivity (Wildman–Crippen MR) is 127 cm³/mol. The van der Waals surface area contributed by atoms with E-state index in [9.17, 15) is 9.59 Å². The molecule has 160 valence electrons. The standard InChI is InChI=1S/C21H18ClN3O3S3/c22-15-5-1-13(2-6-15)19(26)24-25-20(27)17-12-31-18(23-17)11-28-16-7-3-14(4-8-16)21-29-9-10-30-21/h1-8,12,21H,9-11H2,(H,24,26)(H,25,27). The van der Waals surface area contributed by atoms with Gasteiger partial charge in [0, 0.05) is 27.5 Å². The summed E-state index contributed by atoms with van der Waals surface area (Å²) < 4.78 is 6.30. The fraction of sp³-hybridized carbons (Fsp3) is 0.190. The van der Waals surface area contributed by atoms with Crippen molar-refractivity contribution in [3.63, 3.8) is 0 Å². The minimum atomic E-state index is -0.499. The van der Waals surface area contributed by atoms with Gasteiger partial charge in [-0.15, -0.1) is 34.9 Å². The highest BCUT2D eigenvalue weighted by molar-refractivity contribution is 8.19. The number of halogens is 1. The van der Waals surface area contributed by atoms with Crippen LogP contribution in [-0.2, 0) is 6.61 Å². The highest BCUT2D eigenvalue weighted by atomic mass is 35.5. The van der Waals surface area contributed by atoms with E-state index in [0.29, 0.717) is 20.2 Å². The molecule has 2 heterocycles. The van der Waals surface area contributed by atoms with Crippen LogP contribution in [0, 0.1) is 0 Å². The van der Waals surface area contributed by atoms with Crippen LogP contribution < -0.4 is 15.6 Å². The number of hydrogen-bond acceptors (Lipinski definition) is 7. The summed E-state index contributed by atoms with van der Waals surface area (Å²) in [5, 5.41) is 2.82. The Bertz CT molecular complexity index is 1050. The Morgan fingerprint density at radius 1 is 1.00 bits per heavy atom. The van der Waals surface area contributed by atoms with Gasteiger partial charge < -0.3 is 4.74 Å². The fourth-order valence-corrected chi connectivity index (χ4v) is 6.42. The zero-order chi connectivity index (χ0) is 21.6. The molecule has 1 aliphatic rings. The summed E-state index contributed by atoms with van der Waals surface area (Å²) in [7, 11) is 0. The van der Waals surface area contributed by atoms with Gasteiger partial charge in [0.05, 0.1) is 4.58 Å². The first-order chi connectivity index (χ1) is 15.1. The number of carbonyl (C=O) groups excluding carboxylic acids is 2. The lowest BCUT2D eigenvalue weighted by Gasteiger charge is -2.09. The second-order valence-electron chi connectivity index (χ2n) is 6.47. The highest BCUT2D eigenvalue weighted by Gasteiger charge is 2.18. The highest BCUT2D eigenvalue weighted by Crippen LogP contribution is 2.45. The Labute approximate surface area is 197 Å². The molecule has 2 aromatic carbocycles. The lowest BCUT2D eigenvalue weighted by atomic mass is 10.2. The van der Waals surface area contributed by atoms with E-state index in [1.165, 1.54) is 28.4 Å². The molecule has 0 aliphatic carbocycles. The normalized spacial score (nSPS) is 13.7. The van der Waals surface area contributed by atoms with Crippen LogP contribution in [0.1, 0.15) is 36.0 Å². The topological polar surface area (TPSA) is 80.3 Å². The number of ether oxygens (including phenoxy) is 1. The molecule has 6 nitrogen and oxygen atoms in total. The maximum atomic E-state index is 12.2. The third-order valence-electron chi connectivity index (χ3n) is 4.32. The van der Waals surface area contributed by atoms with Crippen molar-refractivity contribution in [1.82, 2.24) is 15.8 Å². The lowest BCUT2D eigenvalue weighted by molar-refractivity contribution is 0.0844. The van der Waals surface area contributed by atoms with Crippen LogP contribution in [-0.4, -0.2) is 28.3 Å². The first-order valence-corrected chi connectivity index (χ1v) is 12.7. The van der Waals surface area contributed by atoms with Crippen LogP contribution in [0.15, 0.2) is 53.9 Å². The van der Waals surface area contributed by atoms with Crippen LogP contribution in [0.4, 0.5) is 0 Å². The quantitative estimate of drug-likeness (QED) is 0.476. The summed E-state index contributed by atoms with van der Waals surface area (Å²) in [6.45, 7) is 0.265. The Kier molecular flexibility index (Phi) is 7.39. The third kappa shape index (κ3) is 5.94. The van der Waals surface area contributed by atoms with E-state index >= 15 is 0 Å². The zero-order valence-electron chi connectivity index (χ0n) is 16.2. The molecule has 0 radical (unpaired) electrons. The van der Waals surface area contributed by atoms with Crippen molar-refractivity contribution in [2.75, 3.05) is 11.5 Å². The summed E-state index contributed by atoms with van der Waals surface area (Å²) in [6, 6.07) is 14.5. The van der Waals surface area contributed by atoms with E-state index in [1.807, 2.05) is 35.7 Å². The molecule has 1 aliphatic heterocycles. The average Bonchev–Trinajstić information content (AvgIpc) is 3.49. The molecule has 1 fully saturated rings. The van der Waals surface area contributed by atoms with Crippen LogP contribution in [0.25, 0.3) is 0 Å². The lowest BCUT2D eigenvalue weighted by Crippen LogP contribution is -2.41. The van der Waals surface area contributed by atoms with Crippen LogP contribution in [0.3, 0.4) is 0 Å². The number of hydrogen-bond donors (Lipinski definition) is 2. The maximum absolute atomic E-state index is 12.2. The van der Waals surface area contributed by atoms with Gasteiger partial charge in [0.25, 0.3) is 11.8 Å². The molecule has 0 bridgehead atoms. The SMILES string of the molecule is O=C(NNC(=O)c1csc(COc2ccc(C3SCCS3)cc2)n1)c1ccc(Cl)cc1. The predicted octanol–water partition coefficient (Wildman–Crippen LogP) is 4.93. The third-order valence-corrected chi connectivity index (χ3v) is 8.50. The van der Waals surface area contributed by atoms with Crippen molar-refractivity contribution in [3.05, 3.63) is 80.8 Å². The van der Waals surface area contributed by atoms with Gasteiger partial charge >= 0.3 is 0 Å². The molecule has 0 unspecified atom stereocenters. The van der Waals surface area contributed by atoms with Gasteiger partial charge in [-0.3, -0.25) is 20.4 Å². The van der Waals surface area contributed by atoms with Crippen LogP contribution in [0.5, 0.6) is 5.75 Å². The number of thiazole rings is 1. The second-order valence-corrected chi connectivity index (χ2v) is 10.6. The monoisotopic (exact) mass is 491 g/mol. The Morgan fingerprint density at radius 2 is 1.68 bits per heavy atom. The van der Waals surface area contributed by atoms with Crippen molar-refractivity contribution >= 4 is 58.3 Å². The number of aromatic nitrogens is 1. The van der Waals surface area contributed by atoms with Gasteiger partial charge in [0.2, 0.25) is 0 Å². The van der Waals surface area contributed by atoms with E-state index in [0.717, 1.165) is 5.75 Å². The molecule has 0 atom stereocenters. The van der Waals surface area contributed by atoms with Gasteiger partial charge in [0.1, 0.15) is 23.1 Å². The van der Waals surface area contributed by atoms with Crippen LogP contribution >= 0.6 is 46.5 Å². The van der Waals surface area contributed by atoms with Crippen molar-refractivity contribution < 1.29 is 14.3 Å². The number of benzene rings is 2. The zero-order valence-corrected chi connectivity index (χ0v) is 19.4. The molecule has 31 heavy (non-hydrogen) atoms. The second kappa shape index (κ2) is 10.4. The molecular formula is C21H18ClN3O3S3. The molecule has 3 aromatic rings. The molecular weight excluding hydrogens is 474 g/mol. The molecule has 0 spiro atoms. The van der Waals surface area contributed by atoms with E-state index in [-0.39, 0.29) is 12.3 Å². The fourth-order valence-electron chi connectivity index (χ4n) is 2.75. The van der Waals surface area contributed by atoms with E-state index in [4.69, 9.17) is 16.3 Å². The number of amides is 2. The Balaban J connectivity index is 1.26. The number of carbonyl (C=O) groups is 2. The Morgan fingerprint density at radius 3 is 2.39 bits per heavy atom. The summed E-state index contributed by atoms with van der Waals surface area (Å²) in [6.07, 6.45) is 0. The number of nitrogens with zero attached hydrogens (tertiary/aromatic N) is 1. The van der Waals surface area contributed by atoms with Crippen molar-refractivity contribution in [2.45, 2.75) is 11.2 Å². The number of nitrogens with one attached hydrogen (secondary N) is 2. The van der Waals surface area contributed by atoms with Gasteiger partial charge in [-0.1, -0.05) is 23.7 Å². The summed E-state index contributed by atoms with van der Waals surface area (Å²) in [5.74, 6) is 2.20. The number of rotatable bonds is 6. The van der Waals surface area contributed by atoms with Gasteiger partial charge in [0.15, 0.2) is 0 Å². The number of hydrazine groups is 1. The summed E-state index contributed by atoms with van der Waals surface area (Å²) in [4.78, 5) is 28.6. The van der Waals surface area contributed by atoms with Gasteiger partial charge in [-0.2, -0.15) is 0 Å². The number of thioether (sulfide) groups is 2. The molecule has 0 saturated carbocycles. The van der Waals surface area contributed by atoms with E-state index in [1.54, 1.807) is 29.6 Å². The summed E-state index contributed by atoms with van der Waals surface area (Å²) in [5.41, 5.74) is 6.62. The molecule has 10 heteroatoms. The molecule has 1 saturated heterocycles. The largest absolute Gasteiger partial charge is 0.486 e. The minimum absolute atomic E-state index is 0.214. The first kappa shape index (κ1) is 22.0. The van der Waals surface area contributed by atoms with Crippen molar-refractivity contribution in [3.8, 4) is 5.75 Å². The van der Waals surface area contributed by atoms with Crippen molar-refractivity contribution in [1.29, 1.82) is 0 Å². The average molecular weight is 492 g/mol. The molecule has 2 amide bonds. The van der Waals surface area contributed by atoms with Crippen LogP contribution in [0.2, 0.25) is 5.02 Å². The van der Waals surface area contributed by atoms with Gasteiger partial charge in [-0.05, 0) is 42.0 Å². The summed E-state index contributed by atoms with van der Waals surface area (Å²) >= 11 is 11.1. The maximum Gasteiger partial charge on any atom is 0.289 e. The van der Waals surface area contributed by atoms with E-state index < -0.39 is 11.8 Å². The smallest absolute Gasteiger partial charge is 0.289 e. The van der Waals surface area contributed by atoms with E-state index in [2.05, 4.69) is 28.0 Å². The molecule has 4 rings (SSSR count). The minimum Gasteiger partial charge on any atom is -0.486 e. The molecule has 2 N–H and O–H groups in total. The first-order valence-electron chi connectivity index (χ1n) is 9.35. The van der Waals surface area contributed by atoms with Gasteiger partial charge in [-0.25, -0.2) is 4.98 Å².